The predicted molar refractivity (Wildman–Crippen MR) is 70.7 cm³/mol. The molecule has 1 rings (SSSR count). The Labute approximate surface area is 116 Å². The van der Waals surface area contributed by atoms with E-state index in [1.54, 1.807) is 0 Å². The summed E-state index contributed by atoms with van der Waals surface area (Å²) in [5.41, 5.74) is 5.35. The normalized spacial score (nSPS) is 13.5. The van der Waals surface area contributed by atoms with Crippen LogP contribution in [0.1, 0.15) is 49.4 Å². The minimum Gasteiger partial charge on any atom is -0.507 e. The number of aryl methyl sites for hydroxylation is 1. The van der Waals surface area contributed by atoms with Crippen molar-refractivity contribution in [2.75, 3.05) is 0 Å². The summed E-state index contributed by atoms with van der Waals surface area (Å²) in [7, 11) is 0. The van der Waals surface area contributed by atoms with Gasteiger partial charge in [0, 0.05) is 11.1 Å². The van der Waals surface area contributed by atoms with Gasteiger partial charge < -0.3 is 15.9 Å². The molecule has 4 N–H and O–H groups in total. The van der Waals surface area contributed by atoms with Crippen LogP contribution >= 0.6 is 0 Å². The minimum absolute atomic E-state index is 0.121. The Morgan fingerprint density at radius 2 is 1.65 bits per heavy atom. The van der Waals surface area contributed by atoms with E-state index in [0.29, 0.717) is 31.2 Å². The minimum atomic E-state index is -4.64. The number of hydrogen-bond donors (Lipinski definition) is 3. The van der Waals surface area contributed by atoms with Crippen LogP contribution in [0.25, 0.3) is 0 Å². The first-order chi connectivity index (χ1) is 9.23. The fourth-order valence-electron chi connectivity index (χ4n) is 2.16. The summed E-state index contributed by atoms with van der Waals surface area (Å²) < 4.78 is 38.3. The molecule has 0 radical (unpaired) electrons. The van der Waals surface area contributed by atoms with Gasteiger partial charge in [0.2, 0.25) is 0 Å². The van der Waals surface area contributed by atoms with Crippen molar-refractivity contribution < 1.29 is 23.4 Å². The molecule has 0 aliphatic rings. The van der Waals surface area contributed by atoms with E-state index in [1.807, 2.05) is 13.8 Å². The molecular formula is C14H20F3NO2. The molecule has 6 heteroatoms. The lowest BCUT2D eigenvalue weighted by atomic mass is 9.93. The Morgan fingerprint density at radius 1 is 1.10 bits per heavy atom. The molecule has 0 saturated heterocycles. The van der Waals surface area contributed by atoms with Crippen LogP contribution in [0.5, 0.6) is 11.5 Å². The summed E-state index contributed by atoms with van der Waals surface area (Å²) in [6.45, 7) is 3.67. The number of alkyl halides is 3. The van der Waals surface area contributed by atoms with Gasteiger partial charge >= 0.3 is 6.18 Å². The Balaban J connectivity index is 3.44. The van der Waals surface area contributed by atoms with Crippen molar-refractivity contribution in [2.24, 2.45) is 5.73 Å². The van der Waals surface area contributed by atoms with E-state index < -0.39 is 18.0 Å². The van der Waals surface area contributed by atoms with Gasteiger partial charge in [0.25, 0.3) is 0 Å². The molecule has 0 amide bonds. The van der Waals surface area contributed by atoms with Gasteiger partial charge in [0.1, 0.15) is 17.5 Å². The number of phenols is 2. The summed E-state index contributed by atoms with van der Waals surface area (Å²) in [6, 6.07) is -1.10. The van der Waals surface area contributed by atoms with Crippen molar-refractivity contribution in [1.29, 1.82) is 0 Å². The van der Waals surface area contributed by atoms with Crippen molar-refractivity contribution in [1.82, 2.24) is 0 Å². The fraction of sp³-hybridized carbons (Fsp3) is 0.571. The molecule has 0 aromatic heterocycles. The number of benzene rings is 1. The van der Waals surface area contributed by atoms with E-state index in [-0.39, 0.29) is 16.9 Å². The molecule has 0 aliphatic heterocycles. The quantitative estimate of drug-likeness (QED) is 0.777. The Bertz CT molecular complexity index is 472. The number of rotatable bonds is 5. The van der Waals surface area contributed by atoms with Crippen LogP contribution in [0.3, 0.4) is 0 Å². The lowest BCUT2D eigenvalue weighted by Gasteiger charge is -2.21. The first kappa shape index (κ1) is 16.6. The van der Waals surface area contributed by atoms with Gasteiger partial charge in [-0.25, -0.2) is 0 Å². The van der Waals surface area contributed by atoms with Crippen LogP contribution in [-0.2, 0) is 12.8 Å². The zero-order valence-electron chi connectivity index (χ0n) is 11.6. The molecule has 114 valence electrons. The SMILES string of the molecule is CCCc1cc(C(N)C(F)(F)F)c(O)c(CCC)c1O. The van der Waals surface area contributed by atoms with Crippen LogP contribution in [0.4, 0.5) is 13.2 Å². The van der Waals surface area contributed by atoms with E-state index in [1.165, 1.54) is 0 Å². The standard InChI is InChI=1S/C14H20F3NO2/c1-3-5-8-7-10(13(18)14(15,16)17)12(20)9(6-4-2)11(8)19/h7,13,19-20H,3-6,18H2,1-2H3. The zero-order valence-corrected chi connectivity index (χ0v) is 11.6. The van der Waals surface area contributed by atoms with E-state index in [2.05, 4.69) is 0 Å². The van der Waals surface area contributed by atoms with Crippen LogP contribution in [-0.4, -0.2) is 16.4 Å². The molecule has 0 saturated carbocycles. The molecule has 1 aromatic rings. The van der Waals surface area contributed by atoms with Crippen LogP contribution in [0.15, 0.2) is 6.07 Å². The number of halogens is 3. The molecule has 1 unspecified atom stereocenters. The highest BCUT2D eigenvalue weighted by atomic mass is 19.4. The zero-order chi connectivity index (χ0) is 15.5. The summed E-state index contributed by atoms with van der Waals surface area (Å²) in [5.74, 6) is -0.668. The first-order valence-electron chi connectivity index (χ1n) is 6.62. The van der Waals surface area contributed by atoms with Crippen molar-refractivity contribution in [3.05, 3.63) is 22.8 Å². The largest absolute Gasteiger partial charge is 0.507 e. The Morgan fingerprint density at radius 3 is 2.10 bits per heavy atom. The molecule has 1 atom stereocenters. The van der Waals surface area contributed by atoms with Gasteiger partial charge in [-0.15, -0.1) is 0 Å². The smallest absolute Gasteiger partial charge is 0.407 e. The molecule has 0 spiro atoms. The maximum Gasteiger partial charge on any atom is 0.407 e. The monoisotopic (exact) mass is 291 g/mol. The van der Waals surface area contributed by atoms with Crippen molar-refractivity contribution >= 4 is 0 Å². The van der Waals surface area contributed by atoms with Crippen molar-refractivity contribution in [3.63, 3.8) is 0 Å². The van der Waals surface area contributed by atoms with Crippen LogP contribution < -0.4 is 5.73 Å². The average Bonchev–Trinajstić information content (AvgIpc) is 2.36. The van der Waals surface area contributed by atoms with Gasteiger partial charge in [-0.1, -0.05) is 26.7 Å². The highest BCUT2D eigenvalue weighted by Crippen LogP contribution is 2.42. The lowest BCUT2D eigenvalue weighted by Crippen LogP contribution is -2.28. The molecule has 0 fully saturated rings. The highest BCUT2D eigenvalue weighted by molar-refractivity contribution is 5.54. The molecule has 0 bridgehead atoms. The van der Waals surface area contributed by atoms with Gasteiger partial charge in [-0.3, -0.25) is 0 Å². The van der Waals surface area contributed by atoms with Crippen molar-refractivity contribution in [2.45, 2.75) is 51.7 Å². The second-order valence-electron chi connectivity index (χ2n) is 4.82. The second-order valence-corrected chi connectivity index (χ2v) is 4.82. The van der Waals surface area contributed by atoms with Crippen LogP contribution in [0.2, 0.25) is 0 Å². The molecule has 20 heavy (non-hydrogen) atoms. The number of hydrogen-bond acceptors (Lipinski definition) is 3. The molecule has 1 aromatic carbocycles. The van der Waals surface area contributed by atoms with Crippen LogP contribution in [0, 0.1) is 0 Å². The molecule has 3 nitrogen and oxygen atoms in total. The fourth-order valence-corrected chi connectivity index (χ4v) is 2.16. The third-order valence-electron chi connectivity index (χ3n) is 3.19. The topological polar surface area (TPSA) is 66.5 Å². The Kier molecular flexibility index (Phi) is 5.28. The van der Waals surface area contributed by atoms with Crippen molar-refractivity contribution in [3.8, 4) is 11.5 Å². The maximum atomic E-state index is 12.8. The van der Waals surface area contributed by atoms with Gasteiger partial charge in [0.05, 0.1) is 0 Å². The number of aromatic hydroxyl groups is 2. The third-order valence-corrected chi connectivity index (χ3v) is 3.19. The van der Waals surface area contributed by atoms with E-state index in [9.17, 15) is 23.4 Å². The van der Waals surface area contributed by atoms with E-state index >= 15 is 0 Å². The predicted octanol–water partition coefficient (Wildman–Crippen LogP) is 3.56. The Hall–Kier alpha value is -1.43. The summed E-state index contributed by atoms with van der Waals surface area (Å²) in [6.07, 6.45) is -2.64. The molecule has 0 heterocycles. The molecule has 0 aliphatic carbocycles. The summed E-state index contributed by atoms with van der Waals surface area (Å²) in [5, 5.41) is 20.0. The van der Waals surface area contributed by atoms with Gasteiger partial charge in [-0.2, -0.15) is 13.2 Å². The highest BCUT2D eigenvalue weighted by Gasteiger charge is 2.40. The summed E-state index contributed by atoms with van der Waals surface area (Å²) in [4.78, 5) is 0. The second kappa shape index (κ2) is 6.35. The van der Waals surface area contributed by atoms with E-state index in [4.69, 9.17) is 5.73 Å². The molecular weight excluding hydrogens is 271 g/mol. The number of phenolic OH excluding ortho intramolecular Hbond substituents is 2. The lowest BCUT2D eigenvalue weighted by molar-refractivity contribution is -0.149. The third kappa shape index (κ3) is 3.36. The maximum absolute atomic E-state index is 12.8. The van der Waals surface area contributed by atoms with E-state index in [0.717, 1.165) is 6.07 Å². The first-order valence-corrected chi connectivity index (χ1v) is 6.62. The number of nitrogens with two attached hydrogens (primary N) is 1. The average molecular weight is 291 g/mol. The van der Waals surface area contributed by atoms with Gasteiger partial charge in [-0.05, 0) is 24.5 Å². The van der Waals surface area contributed by atoms with Gasteiger partial charge in [0.15, 0.2) is 0 Å². The summed E-state index contributed by atoms with van der Waals surface area (Å²) >= 11 is 0.